The van der Waals surface area contributed by atoms with Crippen LogP contribution in [-0.4, -0.2) is 5.11 Å². The third-order valence-corrected chi connectivity index (χ3v) is 4.60. The Balaban J connectivity index is 2.25. The molecule has 19 heavy (non-hydrogen) atoms. The number of aromatic hydroxyl groups is 1. The van der Waals surface area contributed by atoms with E-state index < -0.39 is 0 Å². The molecule has 1 atom stereocenters. The summed E-state index contributed by atoms with van der Waals surface area (Å²) in [6.45, 7) is 0. The van der Waals surface area contributed by atoms with Crippen molar-refractivity contribution in [3.05, 3.63) is 60.9 Å². The molecule has 5 heteroatoms. The maximum Gasteiger partial charge on any atom is 0.121 e. The standard InChI is InChI=1S/C14H12Br3NO/c15-9-2-4-12(17)8(5-9)6-13(18)11-3-1-10(16)7-14(11)19/h1-5,7,13,19H,6,18H2. The SMILES string of the molecule is NC(Cc1cc(Br)ccc1Br)c1ccc(Br)cc1O. The Bertz CT molecular complexity index is 601. The second-order valence-electron chi connectivity index (χ2n) is 4.25. The van der Waals surface area contributed by atoms with E-state index in [1.54, 1.807) is 6.07 Å². The molecule has 2 aromatic carbocycles. The zero-order valence-corrected chi connectivity index (χ0v) is 14.7. The summed E-state index contributed by atoms with van der Waals surface area (Å²) in [5.41, 5.74) is 8.03. The van der Waals surface area contributed by atoms with Crippen LogP contribution in [-0.2, 0) is 6.42 Å². The number of hydrogen-bond donors (Lipinski definition) is 2. The number of nitrogens with two attached hydrogens (primary N) is 1. The van der Waals surface area contributed by atoms with E-state index in [1.807, 2.05) is 30.3 Å². The Kier molecular flexibility index (Phi) is 5.06. The van der Waals surface area contributed by atoms with Crippen LogP contribution in [0.3, 0.4) is 0 Å². The van der Waals surface area contributed by atoms with Gasteiger partial charge >= 0.3 is 0 Å². The lowest BCUT2D eigenvalue weighted by molar-refractivity contribution is 0.460. The highest BCUT2D eigenvalue weighted by atomic mass is 79.9. The third kappa shape index (κ3) is 3.81. The fourth-order valence-electron chi connectivity index (χ4n) is 1.88. The molecule has 3 N–H and O–H groups in total. The summed E-state index contributed by atoms with van der Waals surface area (Å²) in [4.78, 5) is 0. The Morgan fingerprint density at radius 3 is 2.32 bits per heavy atom. The Morgan fingerprint density at radius 2 is 1.63 bits per heavy atom. The molecule has 0 heterocycles. The molecule has 0 aliphatic carbocycles. The molecular weight excluding hydrogens is 438 g/mol. The average Bonchev–Trinajstić information content (AvgIpc) is 2.33. The van der Waals surface area contributed by atoms with Crippen LogP contribution in [0.15, 0.2) is 49.8 Å². The Hall–Kier alpha value is -0.360. The van der Waals surface area contributed by atoms with Crippen LogP contribution in [0.25, 0.3) is 0 Å². The number of benzene rings is 2. The Morgan fingerprint density at radius 1 is 1.00 bits per heavy atom. The summed E-state index contributed by atoms with van der Waals surface area (Å²) < 4.78 is 2.87. The fourth-order valence-corrected chi connectivity index (χ4v) is 3.04. The lowest BCUT2D eigenvalue weighted by atomic mass is 9.99. The van der Waals surface area contributed by atoms with Gasteiger partial charge in [0.1, 0.15) is 5.75 Å². The molecule has 0 aromatic heterocycles. The fraction of sp³-hybridized carbons (Fsp3) is 0.143. The van der Waals surface area contributed by atoms with Crippen LogP contribution in [0.5, 0.6) is 5.75 Å². The molecule has 0 fully saturated rings. The summed E-state index contributed by atoms with van der Waals surface area (Å²) in [5.74, 6) is 0.216. The lowest BCUT2D eigenvalue weighted by Crippen LogP contribution is -2.13. The highest BCUT2D eigenvalue weighted by Crippen LogP contribution is 2.30. The predicted molar refractivity (Wildman–Crippen MR) is 88.3 cm³/mol. The summed E-state index contributed by atoms with van der Waals surface area (Å²) >= 11 is 10.3. The van der Waals surface area contributed by atoms with Crippen LogP contribution in [0.1, 0.15) is 17.2 Å². The van der Waals surface area contributed by atoms with Gasteiger partial charge in [0.2, 0.25) is 0 Å². The Labute approximate surface area is 137 Å². The molecule has 0 radical (unpaired) electrons. The normalized spacial score (nSPS) is 12.4. The lowest BCUT2D eigenvalue weighted by Gasteiger charge is -2.15. The highest BCUT2D eigenvalue weighted by Gasteiger charge is 2.13. The highest BCUT2D eigenvalue weighted by molar-refractivity contribution is 9.11. The van der Waals surface area contributed by atoms with Crippen molar-refractivity contribution in [2.75, 3.05) is 0 Å². The van der Waals surface area contributed by atoms with Gasteiger partial charge in [-0.2, -0.15) is 0 Å². The molecule has 0 spiro atoms. The van der Waals surface area contributed by atoms with Crippen molar-refractivity contribution in [2.24, 2.45) is 5.73 Å². The minimum absolute atomic E-state index is 0.216. The largest absolute Gasteiger partial charge is 0.508 e. The first-order chi connectivity index (χ1) is 8.97. The molecule has 2 nitrogen and oxygen atoms in total. The average molecular weight is 450 g/mol. The molecule has 0 bridgehead atoms. The quantitative estimate of drug-likeness (QED) is 0.698. The molecule has 100 valence electrons. The van der Waals surface area contributed by atoms with Gasteiger partial charge in [-0.15, -0.1) is 0 Å². The number of phenols is 1. The molecule has 0 amide bonds. The van der Waals surface area contributed by atoms with Crippen molar-refractivity contribution < 1.29 is 5.11 Å². The van der Waals surface area contributed by atoms with Crippen molar-refractivity contribution in [3.63, 3.8) is 0 Å². The van der Waals surface area contributed by atoms with Crippen LogP contribution in [0.2, 0.25) is 0 Å². The van der Waals surface area contributed by atoms with Crippen molar-refractivity contribution in [1.82, 2.24) is 0 Å². The summed E-state index contributed by atoms with van der Waals surface area (Å²) in [7, 11) is 0. The van der Waals surface area contributed by atoms with E-state index in [9.17, 15) is 5.11 Å². The first kappa shape index (κ1) is 15.0. The number of rotatable bonds is 3. The summed E-state index contributed by atoms with van der Waals surface area (Å²) in [6.07, 6.45) is 0.648. The van der Waals surface area contributed by atoms with Gasteiger partial charge in [-0.3, -0.25) is 0 Å². The molecule has 2 aromatic rings. The molecule has 0 aliphatic heterocycles. The maximum absolute atomic E-state index is 9.93. The first-order valence-corrected chi connectivity index (χ1v) is 8.03. The maximum atomic E-state index is 9.93. The van der Waals surface area contributed by atoms with E-state index in [-0.39, 0.29) is 11.8 Å². The second kappa shape index (κ2) is 6.39. The van der Waals surface area contributed by atoms with Crippen molar-refractivity contribution in [2.45, 2.75) is 12.5 Å². The van der Waals surface area contributed by atoms with Gasteiger partial charge in [0.25, 0.3) is 0 Å². The van der Waals surface area contributed by atoms with E-state index in [4.69, 9.17) is 5.73 Å². The van der Waals surface area contributed by atoms with Crippen LogP contribution >= 0.6 is 47.8 Å². The van der Waals surface area contributed by atoms with Crippen molar-refractivity contribution >= 4 is 47.8 Å². The smallest absolute Gasteiger partial charge is 0.121 e. The molecule has 2 rings (SSSR count). The third-order valence-electron chi connectivity index (χ3n) is 2.84. The van der Waals surface area contributed by atoms with Gasteiger partial charge in [-0.05, 0) is 42.3 Å². The monoisotopic (exact) mass is 447 g/mol. The number of hydrogen-bond acceptors (Lipinski definition) is 2. The molecule has 0 saturated heterocycles. The number of halogens is 3. The first-order valence-electron chi connectivity index (χ1n) is 5.65. The van der Waals surface area contributed by atoms with Gasteiger partial charge in [0.15, 0.2) is 0 Å². The van der Waals surface area contributed by atoms with E-state index in [2.05, 4.69) is 47.8 Å². The summed E-state index contributed by atoms with van der Waals surface area (Å²) in [5, 5.41) is 9.93. The van der Waals surface area contributed by atoms with E-state index in [1.165, 1.54) is 0 Å². The van der Waals surface area contributed by atoms with E-state index >= 15 is 0 Å². The van der Waals surface area contributed by atoms with Crippen molar-refractivity contribution in [1.29, 1.82) is 0 Å². The van der Waals surface area contributed by atoms with Gasteiger partial charge in [-0.25, -0.2) is 0 Å². The van der Waals surface area contributed by atoms with E-state index in [0.717, 1.165) is 24.5 Å². The minimum Gasteiger partial charge on any atom is -0.508 e. The van der Waals surface area contributed by atoms with Crippen LogP contribution in [0, 0.1) is 0 Å². The minimum atomic E-state index is -0.251. The zero-order chi connectivity index (χ0) is 14.0. The van der Waals surface area contributed by atoms with Crippen molar-refractivity contribution in [3.8, 4) is 5.75 Å². The van der Waals surface area contributed by atoms with Crippen LogP contribution < -0.4 is 5.73 Å². The zero-order valence-electron chi connectivity index (χ0n) is 9.91. The van der Waals surface area contributed by atoms with Crippen LogP contribution in [0.4, 0.5) is 0 Å². The summed E-state index contributed by atoms with van der Waals surface area (Å²) in [6, 6.07) is 11.1. The van der Waals surface area contributed by atoms with E-state index in [0.29, 0.717) is 6.42 Å². The van der Waals surface area contributed by atoms with Gasteiger partial charge in [-0.1, -0.05) is 53.9 Å². The van der Waals surface area contributed by atoms with Gasteiger partial charge in [0.05, 0.1) is 0 Å². The molecular formula is C14H12Br3NO. The molecule has 1 unspecified atom stereocenters. The van der Waals surface area contributed by atoms with Gasteiger partial charge in [0, 0.05) is 25.0 Å². The topological polar surface area (TPSA) is 46.2 Å². The molecule has 0 saturated carbocycles. The number of phenolic OH excluding ortho intramolecular Hbond substituents is 1. The van der Waals surface area contributed by atoms with Gasteiger partial charge < -0.3 is 10.8 Å². The molecule has 0 aliphatic rings. The predicted octanol–water partition coefficient (Wildman–Crippen LogP) is 4.92. The second-order valence-corrected chi connectivity index (χ2v) is 6.94.